The summed E-state index contributed by atoms with van der Waals surface area (Å²) in [6.07, 6.45) is 2.83. The summed E-state index contributed by atoms with van der Waals surface area (Å²) in [6, 6.07) is 12.7. The lowest BCUT2D eigenvalue weighted by molar-refractivity contribution is 0.0981. The number of benzene rings is 2. The minimum atomic E-state index is -3.28. The highest BCUT2D eigenvalue weighted by atomic mass is 32.2. The Kier molecular flexibility index (Phi) is 8.93. The zero-order valence-corrected chi connectivity index (χ0v) is 21.2. The van der Waals surface area contributed by atoms with Gasteiger partial charge < -0.3 is 19.7 Å². The largest absolute Gasteiger partial charge is 0.495 e. The zero-order valence-electron chi connectivity index (χ0n) is 20.4. The van der Waals surface area contributed by atoms with Crippen LogP contribution in [-0.4, -0.2) is 77.0 Å². The van der Waals surface area contributed by atoms with E-state index >= 15 is 0 Å². The molecule has 0 atom stereocenters. The molecule has 2 amide bonds. The van der Waals surface area contributed by atoms with Gasteiger partial charge in [-0.3, -0.25) is 4.90 Å². The van der Waals surface area contributed by atoms with E-state index in [9.17, 15) is 13.2 Å². The van der Waals surface area contributed by atoms with Gasteiger partial charge in [-0.1, -0.05) is 24.3 Å². The summed E-state index contributed by atoms with van der Waals surface area (Å²) in [4.78, 5) is 17.7. The monoisotopic (exact) mass is 489 g/mol. The van der Waals surface area contributed by atoms with Gasteiger partial charge >= 0.3 is 6.03 Å². The standard InChI is InChI=1S/C25H35N3O5S/c1-19-9-10-23(33-3)22(17-19)26-25(29)28(15-16-32-2)21-11-13-27(14-12-21)18-20-7-5-6-8-24(20)34(4,30)31/h5-10,17,21H,11-16,18H2,1-4H3,(H,26,29). The van der Waals surface area contributed by atoms with Gasteiger partial charge in [0.05, 0.1) is 24.3 Å². The third-order valence-corrected chi connectivity index (χ3v) is 7.35. The maximum Gasteiger partial charge on any atom is 0.322 e. The van der Waals surface area contributed by atoms with Gasteiger partial charge in [-0.15, -0.1) is 0 Å². The van der Waals surface area contributed by atoms with E-state index in [1.165, 1.54) is 6.26 Å². The van der Waals surface area contributed by atoms with Gasteiger partial charge in [0.15, 0.2) is 9.84 Å². The molecule has 2 aromatic carbocycles. The Balaban J connectivity index is 1.67. The van der Waals surface area contributed by atoms with Crippen LogP contribution in [0.4, 0.5) is 10.5 Å². The van der Waals surface area contributed by atoms with E-state index in [2.05, 4.69) is 10.2 Å². The maximum absolute atomic E-state index is 13.2. The molecule has 1 aliphatic heterocycles. The van der Waals surface area contributed by atoms with Crippen LogP contribution in [0.1, 0.15) is 24.0 Å². The fourth-order valence-electron chi connectivity index (χ4n) is 4.37. The van der Waals surface area contributed by atoms with Gasteiger partial charge in [0.2, 0.25) is 0 Å². The molecule has 0 unspecified atom stereocenters. The number of urea groups is 1. The second-order valence-corrected chi connectivity index (χ2v) is 10.7. The molecule has 1 N–H and O–H groups in total. The van der Waals surface area contributed by atoms with Crippen LogP contribution in [0.3, 0.4) is 0 Å². The fraction of sp³-hybridized carbons (Fsp3) is 0.480. The van der Waals surface area contributed by atoms with Crippen LogP contribution in [0, 0.1) is 6.92 Å². The Hall–Kier alpha value is -2.62. The third-order valence-electron chi connectivity index (χ3n) is 6.16. The second-order valence-electron chi connectivity index (χ2n) is 8.71. The van der Waals surface area contributed by atoms with Crippen LogP contribution in [0.15, 0.2) is 47.4 Å². The number of amides is 2. The summed E-state index contributed by atoms with van der Waals surface area (Å²) in [5, 5.41) is 3.01. The number of hydrogen-bond acceptors (Lipinski definition) is 6. The maximum atomic E-state index is 13.2. The zero-order chi connectivity index (χ0) is 24.7. The van der Waals surface area contributed by atoms with Gasteiger partial charge in [-0.25, -0.2) is 13.2 Å². The third kappa shape index (κ3) is 6.71. The summed E-state index contributed by atoms with van der Waals surface area (Å²) in [7, 11) is -0.0701. The molecule has 0 radical (unpaired) electrons. The van der Waals surface area contributed by atoms with Crippen LogP contribution in [0.2, 0.25) is 0 Å². The number of carbonyl (C=O) groups excluding carboxylic acids is 1. The van der Waals surface area contributed by atoms with E-state index in [0.29, 0.717) is 36.0 Å². The number of anilines is 1. The molecular weight excluding hydrogens is 454 g/mol. The van der Waals surface area contributed by atoms with Crippen molar-refractivity contribution in [3.8, 4) is 5.75 Å². The van der Waals surface area contributed by atoms with Crippen LogP contribution < -0.4 is 10.1 Å². The van der Waals surface area contributed by atoms with Crippen molar-refractivity contribution in [3.63, 3.8) is 0 Å². The number of nitrogens with zero attached hydrogens (tertiary/aromatic N) is 2. The van der Waals surface area contributed by atoms with Crippen LogP contribution >= 0.6 is 0 Å². The molecule has 1 saturated heterocycles. The normalized spacial score (nSPS) is 15.2. The highest BCUT2D eigenvalue weighted by molar-refractivity contribution is 7.90. The molecule has 34 heavy (non-hydrogen) atoms. The number of nitrogens with one attached hydrogen (secondary N) is 1. The predicted octanol–water partition coefficient (Wildman–Crippen LogP) is 3.55. The number of aryl methyl sites for hydroxylation is 1. The Bertz CT molecular complexity index is 1080. The number of ether oxygens (including phenoxy) is 2. The van der Waals surface area contributed by atoms with E-state index in [4.69, 9.17) is 9.47 Å². The Morgan fingerprint density at radius 1 is 1.15 bits per heavy atom. The average Bonchev–Trinajstić information content (AvgIpc) is 2.80. The van der Waals surface area contributed by atoms with Gasteiger partial charge in [-0.2, -0.15) is 0 Å². The molecule has 9 heteroatoms. The predicted molar refractivity (Wildman–Crippen MR) is 133 cm³/mol. The first-order chi connectivity index (χ1) is 16.2. The van der Waals surface area contributed by atoms with Crippen LogP contribution in [0.5, 0.6) is 5.75 Å². The van der Waals surface area contributed by atoms with Gasteiger partial charge in [0, 0.05) is 45.6 Å². The molecule has 1 aliphatic rings. The molecule has 0 aromatic heterocycles. The van der Waals surface area contributed by atoms with Crippen molar-refractivity contribution in [3.05, 3.63) is 53.6 Å². The van der Waals surface area contributed by atoms with Crippen LogP contribution in [0.25, 0.3) is 0 Å². The van der Waals surface area contributed by atoms with E-state index in [0.717, 1.165) is 37.1 Å². The first-order valence-electron chi connectivity index (χ1n) is 11.4. The smallest absolute Gasteiger partial charge is 0.322 e. The molecule has 8 nitrogen and oxygen atoms in total. The highest BCUT2D eigenvalue weighted by Gasteiger charge is 2.29. The quantitative estimate of drug-likeness (QED) is 0.580. The van der Waals surface area contributed by atoms with E-state index in [1.54, 1.807) is 26.4 Å². The summed E-state index contributed by atoms with van der Waals surface area (Å²) in [5.41, 5.74) is 2.48. The molecule has 0 spiro atoms. The van der Waals surface area contributed by atoms with Gasteiger partial charge in [0.25, 0.3) is 0 Å². The van der Waals surface area contributed by atoms with E-state index in [-0.39, 0.29) is 12.1 Å². The number of piperidine rings is 1. The average molecular weight is 490 g/mol. The van der Waals surface area contributed by atoms with Gasteiger partial charge in [-0.05, 0) is 49.1 Å². The first kappa shape index (κ1) is 26.0. The van der Waals surface area contributed by atoms with E-state index < -0.39 is 9.84 Å². The van der Waals surface area contributed by atoms with E-state index in [1.807, 2.05) is 42.2 Å². The Labute approximate surface area is 202 Å². The lowest BCUT2D eigenvalue weighted by Crippen LogP contribution is -2.49. The summed E-state index contributed by atoms with van der Waals surface area (Å²) in [5.74, 6) is 0.616. The van der Waals surface area contributed by atoms with Crippen molar-refractivity contribution in [2.24, 2.45) is 0 Å². The fourth-order valence-corrected chi connectivity index (χ4v) is 5.31. The highest BCUT2D eigenvalue weighted by Crippen LogP contribution is 2.27. The van der Waals surface area contributed by atoms with Crippen molar-refractivity contribution in [2.75, 3.05) is 52.0 Å². The number of methoxy groups -OCH3 is 2. The molecule has 1 heterocycles. The summed E-state index contributed by atoms with van der Waals surface area (Å²) >= 11 is 0. The van der Waals surface area contributed by atoms with Crippen molar-refractivity contribution < 1.29 is 22.7 Å². The van der Waals surface area contributed by atoms with Crippen molar-refractivity contribution in [1.82, 2.24) is 9.80 Å². The number of hydrogen-bond donors (Lipinski definition) is 1. The van der Waals surface area contributed by atoms with Crippen LogP contribution in [-0.2, 0) is 21.1 Å². The summed E-state index contributed by atoms with van der Waals surface area (Å²) in [6.45, 7) is 5.01. The second kappa shape index (κ2) is 11.7. The Morgan fingerprint density at radius 2 is 1.85 bits per heavy atom. The molecule has 0 saturated carbocycles. The van der Waals surface area contributed by atoms with Crippen molar-refractivity contribution in [1.29, 1.82) is 0 Å². The summed E-state index contributed by atoms with van der Waals surface area (Å²) < 4.78 is 34.9. The lowest BCUT2D eigenvalue weighted by atomic mass is 10.0. The molecule has 186 valence electrons. The molecule has 1 fully saturated rings. The molecule has 0 bridgehead atoms. The van der Waals surface area contributed by atoms with Gasteiger partial charge in [0.1, 0.15) is 5.75 Å². The minimum Gasteiger partial charge on any atom is -0.495 e. The number of sulfone groups is 1. The molecule has 3 rings (SSSR count). The topological polar surface area (TPSA) is 88.2 Å². The van der Waals surface area contributed by atoms with Crippen molar-refractivity contribution in [2.45, 2.75) is 37.2 Å². The first-order valence-corrected chi connectivity index (χ1v) is 13.3. The SMILES string of the molecule is COCCN(C(=O)Nc1cc(C)ccc1OC)C1CCN(Cc2ccccc2S(C)(=O)=O)CC1. The molecule has 2 aromatic rings. The number of rotatable bonds is 9. The molecule has 0 aliphatic carbocycles. The minimum absolute atomic E-state index is 0.0624. The molecular formula is C25H35N3O5S. The lowest BCUT2D eigenvalue weighted by Gasteiger charge is -2.38. The van der Waals surface area contributed by atoms with Crippen molar-refractivity contribution >= 4 is 21.6 Å². The number of likely N-dealkylation sites (tertiary alicyclic amines) is 1. The Morgan fingerprint density at radius 3 is 2.50 bits per heavy atom. The number of carbonyl (C=O) groups is 1.